The number of nitrogens with one attached hydrogen (secondary N) is 1. The summed E-state index contributed by atoms with van der Waals surface area (Å²) in [6.07, 6.45) is -2.57. The summed E-state index contributed by atoms with van der Waals surface area (Å²) in [7, 11) is 0. The predicted molar refractivity (Wildman–Crippen MR) is 107 cm³/mol. The summed E-state index contributed by atoms with van der Waals surface area (Å²) in [4.78, 5) is 16.9. The largest absolute Gasteiger partial charge is 0.494 e. The summed E-state index contributed by atoms with van der Waals surface area (Å²) in [5, 5.41) is 6.64. The van der Waals surface area contributed by atoms with E-state index in [1.54, 1.807) is 36.4 Å². The average molecular weight is 444 g/mol. The van der Waals surface area contributed by atoms with E-state index >= 15 is 0 Å². The Hall–Kier alpha value is -3.56. The smallest absolute Gasteiger partial charge is 0.453 e. The molecule has 2 atom stereocenters. The van der Waals surface area contributed by atoms with Crippen LogP contribution in [-0.2, 0) is 11.0 Å². The fraction of sp³-hybridized carbons (Fsp3) is 0.318. The second-order valence-electron chi connectivity index (χ2n) is 7.67. The molecule has 32 heavy (non-hydrogen) atoms. The van der Waals surface area contributed by atoms with Gasteiger partial charge in [-0.15, -0.1) is 5.10 Å². The number of aromatic nitrogens is 3. The van der Waals surface area contributed by atoms with Crippen molar-refractivity contribution in [2.75, 3.05) is 11.9 Å². The van der Waals surface area contributed by atoms with Crippen LogP contribution in [0.4, 0.5) is 19.1 Å². The summed E-state index contributed by atoms with van der Waals surface area (Å²) in [6.45, 7) is 2.34. The normalized spacial score (nSPS) is 20.6. The van der Waals surface area contributed by atoms with Crippen molar-refractivity contribution in [3.63, 3.8) is 0 Å². The number of fused-ring (bicyclic) bond motifs is 1. The first-order chi connectivity index (χ1) is 15.3. The number of benzene rings is 1. The number of halogens is 3. The Balaban J connectivity index is 1.61. The Bertz CT molecular complexity index is 1180. The van der Waals surface area contributed by atoms with Crippen LogP contribution in [0.15, 0.2) is 58.3 Å². The third-order valence-electron chi connectivity index (χ3n) is 5.63. The monoisotopic (exact) mass is 444 g/mol. The zero-order valence-corrected chi connectivity index (χ0v) is 17.0. The van der Waals surface area contributed by atoms with Crippen molar-refractivity contribution < 1.29 is 27.1 Å². The van der Waals surface area contributed by atoms with E-state index in [1.165, 1.54) is 6.26 Å². The van der Waals surface area contributed by atoms with Crippen molar-refractivity contribution in [3.05, 3.63) is 71.1 Å². The molecular weight excluding hydrogens is 425 g/mol. The maximum Gasteiger partial charge on any atom is 0.453 e. The highest BCUT2D eigenvalue weighted by molar-refractivity contribution is 6.00. The molecule has 7 nitrogen and oxygen atoms in total. The minimum atomic E-state index is -4.71. The van der Waals surface area contributed by atoms with Gasteiger partial charge in [-0.25, -0.2) is 4.68 Å². The molecule has 0 saturated carbocycles. The highest BCUT2D eigenvalue weighted by Gasteiger charge is 2.43. The Morgan fingerprint density at radius 3 is 2.66 bits per heavy atom. The zero-order chi connectivity index (χ0) is 22.5. The molecule has 0 radical (unpaired) electrons. The van der Waals surface area contributed by atoms with E-state index in [4.69, 9.17) is 9.15 Å². The van der Waals surface area contributed by atoms with Crippen molar-refractivity contribution in [1.29, 1.82) is 0 Å². The minimum absolute atomic E-state index is 0.0529. The van der Waals surface area contributed by atoms with E-state index in [0.29, 0.717) is 41.4 Å². The molecule has 0 bridgehead atoms. The third-order valence-corrected chi connectivity index (χ3v) is 5.63. The molecular formula is C22H19F3N4O3. The lowest BCUT2D eigenvalue weighted by atomic mass is 9.79. The Kier molecular flexibility index (Phi) is 4.79. The van der Waals surface area contributed by atoms with Crippen LogP contribution >= 0.6 is 0 Å². The average Bonchev–Trinajstić information content (AvgIpc) is 3.43. The molecule has 0 amide bonds. The third kappa shape index (κ3) is 3.45. The van der Waals surface area contributed by atoms with Gasteiger partial charge in [0, 0.05) is 23.6 Å². The molecule has 2 aliphatic rings. The Morgan fingerprint density at radius 2 is 2.00 bits per heavy atom. The molecule has 0 unspecified atom stereocenters. The van der Waals surface area contributed by atoms with Gasteiger partial charge < -0.3 is 14.5 Å². The van der Waals surface area contributed by atoms with Gasteiger partial charge in [-0.3, -0.25) is 4.79 Å². The van der Waals surface area contributed by atoms with Gasteiger partial charge in [-0.05, 0) is 43.2 Å². The summed E-state index contributed by atoms with van der Waals surface area (Å²) < 4.78 is 52.2. The van der Waals surface area contributed by atoms with Crippen LogP contribution in [0.3, 0.4) is 0 Å². The van der Waals surface area contributed by atoms with E-state index in [1.807, 2.05) is 6.92 Å². The first-order valence-electron chi connectivity index (χ1n) is 10.2. The van der Waals surface area contributed by atoms with Gasteiger partial charge in [-0.1, -0.05) is 12.1 Å². The lowest BCUT2D eigenvalue weighted by molar-refractivity contribution is -0.145. The van der Waals surface area contributed by atoms with Crippen LogP contribution in [0.2, 0.25) is 0 Å². The standard InChI is InChI=1S/C22H19F3N4O3/c1-2-31-14-7-5-12(6-8-14)19-18-15(10-13(11-16(18)30)17-4-3-9-32-17)26-21-27-20(22(23,24)25)28-29(19)21/h3-9,13,19H,2,10-11H2,1H3,(H,26,27,28)/t13-,19-/m0/s1. The number of ether oxygens (including phenoxy) is 1. The molecule has 3 heterocycles. The maximum atomic E-state index is 13.4. The molecule has 10 heteroatoms. The van der Waals surface area contributed by atoms with Crippen LogP contribution in [0, 0.1) is 0 Å². The number of hydrogen-bond donors (Lipinski definition) is 1. The predicted octanol–water partition coefficient (Wildman–Crippen LogP) is 4.70. The van der Waals surface area contributed by atoms with Gasteiger partial charge >= 0.3 is 6.18 Å². The number of hydrogen-bond acceptors (Lipinski definition) is 6. The zero-order valence-electron chi connectivity index (χ0n) is 17.0. The summed E-state index contributed by atoms with van der Waals surface area (Å²) in [5.41, 5.74) is 1.55. The molecule has 2 aromatic heterocycles. The van der Waals surface area contributed by atoms with Crippen molar-refractivity contribution in [1.82, 2.24) is 14.8 Å². The van der Waals surface area contributed by atoms with Crippen LogP contribution in [-0.4, -0.2) is 27.2 Å². The summed E-state index contributed by atoms with van der Waals surface area (Å²) in [6, 6.07) is 9.62. The lowest BCUT2D eigenvalue weighted by Crippen LogP contribution is -2.33. The number of alkyl halides is 3. The number of allylic oxidation sites excluding steroid dienone is 2. The van der Waals surface area contributed by atoms with E-state index in [-0.39, 0.29) is 24.1 Å². The summed E-state index contributed by atoms with van der Waals surface area (Å²) in [5.74, 6) is -0.405. The quantitative estimate of drug-likeness (QED) is 0.628. The first kappa shape index (κ1) is 20.3. The van der Waals surface area contributed by atoms with Crippen molar-refractivity contribution >= 4 is 11.7 Å². The minimum Gasteiger partial charge on any atom is -0.494 e. The van der Waals surface area contributed by atoms with Gasteiger partial charge in [0.1, 0.15) is 17.6 Å². The maximum absolute atomic E-state index is 13.4. The van der Waals surface area contributed by atoms with E-state index in [2.05, 4.69) is 15.4 Å². The van der Waals surface area contributed by atoms with Crippen LogP contribution in [0.1, 0.15) is 48.9 Å². The molecule has 166 valence electrons. The molecule has 1 aliphatic heterocycles. The molecule has 1 aromatic carbocycles. The van der Waals surface area contributed by atoms with E-state index in [0.717, 1.165) is 4.68 Å². The highest BCUT2D eigenvalue weighted by atomic mass is 19.4. The molecule has 0 spiro atoms. The van der Waals surface area contributed by atoms with Crippen LogP contribution in [0.5, 0.6) is 5.75 Å². The van der Waals surface area contributed by atoms with Gasteiger partial charge in [0.05, 0.1) is 12.9 Å². The number of carbonyl (C=O) groups excluding carboxylic acids is 1. The molecule has 1 aliphatic carbocycles. The Morgan fingerprint density at radius 1 is 1.22 bits per heavy atom. The molecule has 1 N–H and O–H groups in total. The molecule has 5 rings (SSSR count). The number of rotatable bonds is 4. The van der Waals surface area contributed by atoms with Gasteiger partial charge in [0.25, 0.3) is 5.82 Å². The molecule has 3 aromatic rings. The van der Waals surface area contributed by atoms with E-state index < -0.39 is 18.0 Å². The highest BCUT2D eigenvalue weighted by Crippen LogP contribution is 2.45. The number of ketones is 1. The number of nitrogens with zero attached hydrogens (tertiary/aromatic N) is 3. The fourth-order valence-corrected chi connectivity index (χ4v) is 4.28. The van der Waals surface area contributed by atoms with Crippen molar-refractivity contribution in [3.8, 4) is 5.75 Å². The van der Waals surface area contributed by atoms with Crippen LogP contribution < -0.4 is 10.1 Å². The van der Waals surface area contributed by atoms with Crippen molar-refractivity contribution in [2.24, 2.45) is 0 Å². The van der Waals surface area contributed by atoms with E-state index in [9.17, 15) is 18.0 Å². The second kappa shape index (κ2) is 7.54. The van der Waals surface area contributed by atoms with Gasteiger partial charge in [-0.2, -0.15) is 18.2 Å². The van der Waals surface area contributed by atoms with Crippen LogP contribution in [0.25, 0.3) is 0 Å². The lowest BCUT2D eigenvalue weighted by Gasteiger charge is -2.34. The topological polar surface area (TPSA) is 82.2 Å². The van der Waals surface area contributed by atoms with Gasteiger partial charge in [0.2, 0.25) is 5.95 Å². The van der Waals surface area contributed by atoms with Crippen molar-refractivity contribution in [2.45, 2.75) is 37.9 Å². The fourth-order valence-electron chi connectivity index (χ4n) is 4.28. The Labute approximate surface area is 180 Å². The summed E-state index contributed by atoms with van der Waals surface area (Å²) >= 11 is 0. The second-order valence-corrected chi connectivity index (χ2v) is 7.67. The number of Topliss-reactive ketones (excluding diaryl/α,β-unsaturated/α-hetero) is 1. The number of furan rings is 1. The molecule has 0 fully saturated rings. The number of carbonyl (C=O) groups is 1. The molecule has 0 saturated heterocycles. The van der Waals surface area contributed by atoms with Gasteiger partial charge in [0.15, 0.2) is 5.78 Å². The number of anilines is 1. The SMILES string of the molecule is CCOc1ccc([C@H]2C3=C(C[C@H](c4ccco4)CC3=O)Nc3nc(C(F)(F)F)nn32)cc1. The first-order valence-corrected chi connectivity index (χ1v) is 10.2.